The summed E-state index contributed by atoms with van der Waals surface area (Å²) < 4.78 is 0. The second-order valence-corrected chi connectivity index (χ2v) is 7.61. The van der Waals surface area contributed by atoms with E-state index in [4.69, 9.17) is 0 Å². The van der Waals surface area contributed by atoms with Gasteiger partial charge in [0.2, 0.25) is 5.91 Å². The number of rotatable bonds is 7. The molecule has 158 valence electrons. The normalized spacial score (nSPS) is 15.6. The monoisotopic (exact) mass is 501 g/mol. The van der Waals surface area contributed by atoms with Crippen LogP contribution in [0.1, 0.15) is 37.8 Å². The summed E-state index contributed by atoms with van der Waals surface area (Å²) in [6, 6.07) is 8.72. The Bertz CT molecular complexity index is 610. The fraction of sp³-hybridized carbons (Fsp3) is 0.619. The number of likely N-dealkylation sites (N-methyl/N-ethyl adjacent to an activating group) is 1. The van der Waals surface area contributed by atoms with Gasteiger partial charge in [-0.2, -0.15) is 0 Å². The predicted molar refractivity (Wildman–Crippen MR) is 127 cm³/mol. The Morgan fingerprint density at radius 3 is 2.32 bits per heavy atom. The Balaban J connectivity index is 0.00000392. The van der Waals surface area contributed by atoms with Crippen LogP contribution >= 0.6 is 24.0 Å². The first-order valence-electron chi connectivity index (χ1n) is 10.0. The Kier molecular flexibility index (Phi) is 11.4. The number of halogens is 1. The first-order valence-corrected chi connectivity index (χ1v) is 10.0. The van der Waals surface area contributed by atoms with Gasteiger partial charge >= 0.3 is 0 Å². The fourth-order valence-corrected chi connectivity index (χ4v) is 3.06. The molecule has 1 fully saturated rings. The molecule has 0 saturated carbocycles. The van der Waals surface area contributed by atoms with E-state index in [-0.39, 0.29) is 36.4 Å². The number of carbonyl (C=O) groups excluding carboxylic acids is 1. The Labute approximate surface area is 187 Å². The van der Waals surface area contributed by atoms with Gasteiger partial charge in [0, 0.05) is 27.2 Å². The fourth-order valence-electron chi connectivity index (χ4n) is 3.06. The number of hydrogen-bond donors (Lipinski definition) is 2. The van der Waals surface area contributed by atoms with E-state index < -0.39 is 0 Å². The Morgan fingerprint density at radius 2 is 1.75 bits per heavy atom. The summed E-state index contributed by atoms with van der Waals surface area (Å²) in [4.78, 5) is 20.4. The topological polar surface area (TPSA) is 60.0 Å². The van der Waals surface area contributed by atoms with Gasteiger partial charge in [0.05, 0.1) is 13.1 Å². The predicted octanol–water partition coefficient (Wildman–Crippen LogP) is 2.68. The highest BCUT2D eigenvalue weighted by Gasteiger charge is 2.15. The third-order valence-electron chi connectivity index (χ3n) is 4.98. The largest absolute Gasteiger partial charge is 0.357 e. The molecule has 0 radical (unpaired) electrons. The average Bonchev–Trinajstić information content (AvgIpc) is 2.66. The standard InChI is InChI=1S/C21H35N5O.HI/c1-5-22-21(24-15-20(27)25(3)4)23-14-18-6-8-19(9-7-18)16-26-12-10-17(2)11-13-26;/h6-9,17H,5,10-16H2,1-4H3,(H2,22,23,24);1H. The van der Waals surface area contributed by atoms with Gasteiger partial charge < -0.3 is 15.5 Å². The van der Waals surface area contributed by atoms with Gasteiger partial charge in [0.15, 0.2) is 5.96 Å². The van der Waals surface area contributed by atoms with Crippen molar-refractivity contribution in [2.75, 3.05) is 40.3 Å². The zero-order valence-corrected chi connectivity index (χ0v) is 20.0. The van der Waals surface area contributed by atoms with E-state index in [0.29, 0.717) is 12.5 Å². The van der Waals surface area contributed by atoms with Crippen LogP contribution in [0.5, 0.6) is 0 Å². The van der Waals surface area contributed by atoms with Crippen LogP contribution in [0.15, 0.2) is 29.3 Å². The van der Waals surface area contributed by atoms with Crippen molar-refractivity contribution >= 4 is 35.8 Å². The number of aliphatic imine (C=N–C) groups is 1. The first kappa shape index (κ1) is 24.7. The minimum atomic E-state index is 0. The van der Waals surface area contributed by atoms with Gasteiger partial charge in [-0.1, -0.05) is 31.2 Å². The van der Waals surface area contributed by atoms with Gasteiger partial charge in [-0.25, -0.2) is 4.99 Å². The second-order valence-electron chi connectivity index (χ2n) is 7.61. The molecule has 1 heterocycles. The van der Waals surface area contributed by atoms with Gasteiger partial charge in [-0.15, -0.1) is 24.0 Å². The molecule has 1 aliphatic heterocycles. The molecule has 1 amide bonds. The lowest BCUT2D eigenvalue weighted by Gasteiger charge is -2.30. The van der Waals surface area contributed by atoms with Crippen LogP contribution in [0, 0.1) is 5.92 Å². The lowest BCUT2D eigenvalue weighted by Crippen LogP contribution is -2.42. The van der Waals surface area contributed by atoms with E-state index in [0.717, 1.165) is 19.0 Å². The zero-order chi connectivity index (χ0) is 19.6. The zero-order valence-electron chi connectivity index (χ0n) is 17.7. The van der Waals surface area contributed by atoms with E-state index in [9.17, 15) is 4.79 Å². The van der Waals surface area contributed by atoms with Crippen LogP contribution in [-0.4, -0.2) is 61.9 Å². The van der Waals surface area contributed by atoms with Gasteiger partial charge in [0.25, 0.3) is 0 Å². The summed E-state index contributed by atoms with van der Waals surface area (Å²) in [5.41, 5.74) is 2.53. The molecule has 0 spiro atoms. The molecule has 1 aromatic carbocycles. The first-order chi connectivity index (χ1) is 13.0. The number of carbonyl (C=O) groups is 1. The minimum absolute atomic E-state index is 0. The smallest absolute Gasteiger partial charge is 0.241 e. The molecule has 1 aliphatic rings. The van der Waals surface area contributed by atoms with Crippen LogP contribution in [0.4, 0.5) is 0 Å². The highest BCUT2D eigenvalue weighted by atomic mass is 127. The molecule has 0 bridgehead atoms. The number of amides is 1. The number of likely N-dealkylation sites (tertiary alicyclic amines) is 1. The highest BCUT2D eigenvalue weighted by Crippen LogP contribution is 2.18. The van der Waals surface area contributed by atoms with Crippen molar-refractivity contribution in [2.24, 2.45) is 10.9 Å². The van der Waals surface area contributed by atoms with E-state index in [1.165, 1.54) is 37.1 Å². The van der Waals surface area contributed by atoms with Crippen molar-refractivity contribution in [1.82, 2.24) is 20.4 Å². The van der Waals surface area contributed by atoms with Crippen molar-refractivity contribution in [1.29, 1.82) is 0 Å². The molecule has 1 saturated heterocycles. The molecule has 2 rings (SSSR count). The maximum atomic E-state index is 11.7. The lowest BCUT2D eigenvalue weighted by atomic mass is 9.99. The molecule has 0 unspecified atom stereocenters. The molecule has 7 heteroatoms. The molecular formula is C21H36IN5O. The maximum absolute atomic E-state index is 11.7. The summed E-state index contributed by atoms with van der Waals surface area (Å²) in [5.74, 6) is 1.56. The van der Waals surface area contributed by atoms with Crippen LogP contribution in [0.2, 0.25) is 0 Å². The number of guanidine groups is 1. The van der Waals surface area contributed by atoms with Gasteiger partial charge in [0.1, 0.15) is 0 Å². The van der Waals surface area contributed by atoms with Crippen LogP contribution in [0.25, 0.3) is 0 Å². The number of nitrogens with zero attached hydrogens (tertiary/aromatic N) is 3. The van der Waals surface area contributed by atoms with Gasteiger partial charge in [-0.05, 0) is 49.9 Å². The number of piperidine rings is 1. The molecule has 0 aliphatic carbocycles. The van der Waals surface area contributed by atoms with Crippen molar-refractivity contribution in [3.8, 4) is 0 Å². The van der Waals surface area contributed by atoms with E-state index in [1.807, 2.05) is 6.92 Å². The maximum Gasteiger partial charge on any atom is 0.241 e. The van der Waals surface area contributed by atoms with Crippen molar-refractivity contribution in [3.05, 3.63) is 35.4 Å². The lowest BCUT2D eigenvalue weighted by molar-refractivity contribution is -0.127. The van der Waals surface area contributed by atoms with Crippen molar-refractivity contribution in [3.63, 3.8) is 0 Å². The minimum Gasteiger partial charge on any atom is -0.357 e. The second kappa shape index (κ2) is 13.0. The van der Waals surface area contributed by atoms with Gasteiger partial charge in [-0.3, -0.25) is 9.69 Å². The van der Waals surface area contributed by atoms with Crippen LogP contribution in [0.3, 0.4) is 0 Å². The molecular weight excluding hydrogens is 465 g/mol. The molecule has 6 nitrogen and oxygen atoms in total. The van der Waals surface area contributed by atoms with E-state index in [2.05, 4.69) is 51.7 Å². The SMILES string of the molecule is CCNC(=NCc1ccc(CN2CCC(C)CC2)cc1)NCC(=O)N(C)C.I. The molecule has 0 aromatic heterocycles. The van der Waals surface area contributed by atoms with Crippen molar-refractivity contribution in [2.45, 2.75) is 39.8 Å². The third-order valence-corrected chi connectivity index (χ3v) is 4.98. The summed E-state index contributed by atoms with van der Waals surface area (Å²) in [6.45, 7) is 9.40. The Hall–Kier alpha value is -1.35. The number of hydrogen-bond acceptors (Lipinski definition) is 3. The van der Waals surface area contributed by atoms with Crippen molar-refractivity contribution < 1.29 is 4.79 Å². The Morgan fingerprint density at radius 1 is 1.14 bits per heavy atom. The third kappa shape index (κ3) is 8.77. The average molecular weight is 501 g/mol. The number of benzene rings is 1. The van der Waals surface area contributed by atoms with E-state index in [1.54, 1.807) is 19.0 Å². The summed E-state index contributed by atoms with van der Waals surface area (Å²) in [7, 11) is 3.50. The molecule has 1 aromatic rings. The van der Waals surface area contributed by atoms with E-state index >= 15 is 0 Å². The molecule has 28 heavy (non-hydrogen) atoms. The highest BCUT2D eigenvalue weighted by molar-refractivity contribution is 14.0. The summed E-state index contributed by atoms with van der Waals surface area (Å²) in [6.07, 6.45) is 2.62. The molecule has 2 N–H and O–H groups in total. The van der Waals surface area contributed by atoms with Crippen LogP contribution < -0.4 is 10.6 Å². The van der Waals surface area contributed by atoms with Crippen LogP contribution in [-0.2, 0) is 17.9 Å². The quantitative estimate of drug-likeness (QED) is 0.343. The molecule has 0 atom stereocenters. The summed E-state index contributed by atoms with van der Waals surface area (Å²) >= 11 is 0. The number of nitrogens with one attached hydrogen (secondary N) is 2. The summed E-state index contributed by atoms with van der Waals surface area (Å²) in [5, 5.41) is 6.26.